The number of aromatic nitrogens is 1. The van der Waals surface area contributed by atoms with Crippen molar-refractivity contribution in [2.75, 3.05) is 12.0 Å². The molecule has 14 heavy (non-hydrogen) atoms. The summed E-state index contributed by atoms with van der Waals surface area (Å²) in [6.07, 6.45) is 3.51. The van der Waals surface area contributed by atoms with E-state index in [1.165, 1.54) is 17.6 Å². The molecule has 0 bridgehead atoms. The van der Waals surface area contributed by atoms with E-state index in [2.05, 4.69) is 10.4 Å². The van der Waals surface area contributed by atoms with Crippen LogP contribution in [0, 0.1) is 0 Å². The van der Waals surface area contributed by atoms with Crippen molar-refractivity contribution in [1.29, 1.82) is 0 Å². The molecule has 0 aromatic carbocycles. The molecule has 1 heterocycles. The number of rotatable bonds is 5. The minimum Gasteiger partial charge on any atom is -0.271 e. The number of nitrogens with zero attached hydrogens (tertiary/aromatic N) is 1. The maximum Gasteiger partial charge on any atom is 0.149 e. The third-order valence-corrected chi connectivity index (χ3v) is 3.48. The Bertz CT molecular complexity index is 360. The maximum absolute atomic E-state index is 11.0. The number of thiazole rings is 1. The van der Waals surface area contributed by atoms with Crippen LogP contribution in [0.4, 0.5) is 0 Å². The summed E-state index contributed by atoms with van der Waals surface area (Å²) < 4.78 is 22.0. The van der Waals surface area contributed by atoms with Gasteiger partial charge in [0, 0.05) is 29.8 Å². The van der Waals surface area contributed by atoms with Crippen molar-refractivity contribution >= 4 is 21.2 Å². The molecule has 0 radical (unpaired) electrons. The van der Waals surface area contributed by atoms with Crippen LogP contribution in [0.2, 0.25) is 0 Å². The first-order valence-corrected chi connectivity index (χ1v) is 6.96. The Morgan fingerprint density at radius 2 is 2.43 bits per heavy atom. The van der Waals surface area contributed by atoms with E-state index in [1.807, 2.05) is 0 Å². The smallest absolute Gasteiger partial charge is 0.149 e. The molecule has 1 aromatic heterocycles. The van der Waals surface area contributed by atoms with Crippen LogP contribution in [0.3, 0.4) is 0 Å². The van der Waals surface area contributed by atoms with E-state index in [0.29, 0.717) is 6.42 Å². The van der Waals surface area contributed by atoms with Crippen LogP contribution in [0.1, 0.15) is 4.88 Å². The molecule has 7 heteroatoms. The van der Waals surface area contributed by atoms with Gasteiger partial charge in [0.15, 0.2) is 0 Å². The Balaban J connectivity index is 2.56. The molecule has 0 saturated heterocycles. The summed E-state index contributed by atoms with van der Waals surface area (Å²) in [5, 5.41) is 0. The van der Waals surface area contributed by atoms with Gasteiger partial charge in [0.2, 0.25) is 0 Å². The van der Waals surface area contributed by atoms with Crippen LogP contribution in [-0.2, 0) is 16.3 Å². The van der Waals surface area contributed by atoms with Crippen molar-refractivity contribution in [3.05, 3.63) is 16.6 Å². The highest BCUT2D eigenvalue weighted by molar-refractivity contribution is 7.90. The van der Waals surface area contributed by atoms with Gasteiger partial charge in [-0.3, -0.25) is 16.3 Å². The molecule has 1 aromatic rings. The summed E-state index contributed by atoms with van der Waals surface area (Å²) >= 11 is 1.49. The van der Waals surface area contributed by atoms with E-state index in [4.69, 9.17) is 5.84 Å². The molecule has 80 valence electrons. The highest BCUT2D eigenvalue weighted by Crippen LogP contribution is 2.09. The first-order chi connectivity index (χ1) is 6.51. The topological polar surface area (TPSA) is 85.1 Å². The molecule has 1 rings (SSSR count). The minimum atomic E-state index is -3.00. The number of sulfone groups is 1. The molecule has 0 aliphatic heterocycles. The van der Waals surface area contributed by atoms with Gasteiger partial charge in [0.05, 0.1) is 11.3 Å². The van der Waals surface area contributed by atoms with E-state index in [-0.39, 0.29) is 11.8 Å². The number of nitrogens with two attached hydrogens (primary N) is 1. The molecule has 0 aliphatic carbocycles. The number of nitrogens with one attached hydrogen (secondary N) is 1. The van der Waals surface area contributed by atoms with Gasteiger partial charge in [-0.05, 0) is 0 Å². The summed E-state index contributed by atoms with van der Waals surface area (Å²) in [6.45, 7) is 0. The van der Waals surface area contributed by atoms with Crippen molar-refractivity contribution < 1.29 is 8.42 Å². The van der Waals surface area contributed by atoms with E-state index in [1.54, 1.807) is 11.7 Å². The van der Waals surface area contributed by atoms with Crippen molar-refractivity contribution in [2.45, 2.75) is 12.5 Å². The second-order valence-corrected chi connectivity index (χ2v) is 6.28. The lowest BCUT2D eigenvalue weighted by Gasteiger charge is -2.12. The Morgan fingerprint density at radius 1 is 1.71 bits per heavy atom. The van der Waals surface area contributed by atoms with Crippen molar-refractivity contribution in [1.82, 2.24) is 10.4 Å². The van der Waals surface area contributed by atoms with Crippen molar-refractivity contribution in [2.24, 2.45) is 5.84 Å². The van der Waals surface area contributed by atoms with Crippen LogP contribution in [0.15, 0.2) is 11.7 Å². The molecule has 0 fully saturated rings. The number of hydrogen-bond acceptors (Lipinski definition) is 6. The standard InChI is InChI=1S/C7H13N3O2S2/c1-14(11,12)4-6(10-8)2-7-3-9-5-13-7/h3,5-6,10H,2,4,8H2,1H3. The average Bonchev–Trinajstić information content (AvgIpc) is 2.53. The molecule has 0 spiro atoms. The Kier molecular flexibility index (Phi) is 3.99. The van der Waals surface area contributed by atoms with Crippen LogP contribution in [-0.4, -0.2) is 31.5 Å². The van der Waals surface area contributed by atoms with Gasteiger partial charge in [-0.1, -0.05) is 0 Å². The van der Waals surface area contributed by atoms with Crippen LogP contribution < -0.4 is 11.3 Å². The molecule has 3 N–H and O–H groups in total. The van der Waals surface area contributed by atoms with Crippen LogP contribution in [0.5, 0.6) is 0 Å². The van der Waals surface area contributed by atoms with Gasteiger partial charge >= 0.3 is 0 Å². The molecular formula is C7H13N3O2S2. The summed E-state index contributed by atoms with van der Waals surface area (Å²) in [5.41, 5.74) is 4.21. The van der Waals surface area contributed by atoms with Gasteiger partial charge in [-0.15, -0.1) is 11.3 Å². The van der Waals surface area contributed by atoms with E-state index < -0.39 is 9.84 Å². The van der Waals surface area contributed by atoms with E-state index in [9.17, 15) is 8.42 Å². The second-order valence-electron chi connectivity index (χ2n) is 3.13. The summed E-state index contributed by atoms with van der Waals surface area (Å²) in [7, 11) is -3.00. The fourth-order valence-corrected chi connectivity index (χ4v) is 2.74. The summed E-state index contributed by atoms with van der Waals surface area (Å²) in [5.74, 6) is 5.31. The predicted molar refractivity (Wildman–Crippen MR) is 56.6 cm³/mol. The Morgan fingerprint density at radius 3 is 2.86 bits per heavy atom. The normalized spacial score (nSPS) is 14.1. The maximum atomic E-state index is 11.0. The minimum absolute atomic E-state index is 0.0431. The monoisotopic (exact) mass is 235 g/mol. The molecule has 0 saturated carbocycles. The lowest BCUT2D eigenvalue weighted by molar-refractivity contribution is 0.548. The second kappa shape index (κ2) is 4.83. The highest BCUT2D eigenvalue weighted by atomic mass is 32.2. The first kappa shape index (κ1) is 11.6. The zero-order valence-corrected chi connectivity index (χ0v) is 9.44. The molecule has 5 nitrogen and oxygen atoms in total. The fraction of sp³-hybridized carbons (Fsp3) is 0.571. The predicted octanol–water partition coefficient (Wildman–Crippen LogP) is -0.438. The number of hydrazine groups is 1. The first-order valence-electron chi connectivity index (χ1n) is 4.02. The molecule has 0 amide bonds. The largest absolute Gasteiger partial charge is 0.271 e. The summed E-state index contributed by atoms with van der Waals surface area (Å²) in [6, 6.07) is -0.245. The third-order valence-electron chi connectivity index (χ3n) is 1.67. The molecular weight excluding hydrogens is 222 g/mol. The lowest BCUT2D eigenvalue weighted by atomic mass is 10.2. The van der Waals surface area contributed by atoms with Crippen molar-refractivity contribution in [3.63, 3.8) is 0 Å². The zero-order valence-electron chi connectivity index (χ0n) is 7.80. The SMILES string of the molecule is CS(=O)(=O)CC(Cc1cncs1)NN. The van der Waals surface area contributed by atoms with Crippen molar-refractivity contribution in [3.8, 4) is 0 Å². The van der Waals surface area contributed by atoms with Gasteiger partial charge in [-0.2, -0.15) is 0 Å². The number of hydrogen-bond donors (Lipinski definition) is 2. The molecule has 0 aliphatic rings. The highest BCUT2D eigenvalue weighted by Gasteiger charge is 2.14. The van der Waals surface area contributed by atoms with Gasteiger partial charge in [-0.25, -0.2) is 8.42 Å². The quantitative estimate of drug-likeness (QED) is 0.534. The molecule has 1 unspecified atom stereocenters. The fourth-order valence-electron chi connectivity index (χ4n) is 1.12. The Hall–Kier alpha value is -0.500. The van der Waals surface area contributed by atoms with E-state index >= 15 is 0 Å². The van der Waals surface area contributed by atoms with E-state index in [0.717, 1.165) is 4.88 Å². The summed E-state index contributed by atoms with van der Waals surface area (Å²) in [4.78, 5) is 4.93. The van der Waals surface area contributed by atoms with Gasteiger partial charge in [0.25, 0.3) is 0 Å². The lowest BCUT2D eigenvalue weighted by Crippen LogP contribution is -2.41. The van der Waals surface area contributed by atoms with Gasteiger partial charge in [0.1, 0.15) is 9.84 Å². The zero-order chi connectivity index (χ0) is 10.6. The third kappa shape index (κ3) is 4.14. The van der Waals surface area contributed by atoms with Gasteiger partial charge < -0.3 is 0 Å². The van der Waals surface area contributed by atoms with Crippen LogP contribution in [0.25, 0.3) is 0 Å². The van der Waals surface area contributed by atoms with Crippen LogP contribution >= 0.6 is 11.3 Å². The Labute approximate surface area is 87.2 Å². The average molecular weight is 235 g/mol. The molecule has 1 atom stereocenters.